The van der Waals surface area contributed by atoms with Gasteiger partial charge in [0, 0.05) is 12.2 Å². The molecule has 0 heterocycles. The number of nitrogens with one attached hydrogen (secondary N) is 1. The molecule has 118 valence electrons. The molecule has 1 aliphatic carbocycles. The van der Waals surface area contributed by atoms with Crippen molar-refractivity contribution < 1.29 is 9.84 Å². The Morgan fingerprint density at radius 1 is 1.19 bits per heavy atom. The van der Waals surface area contributed by atoms with Crippen molar-refractivity contribution in [2.75, 3.05) is 18.5 Å². The van der Waals surface area contributed by atoms with Crippen molar-refractivity contribution in [3.05, 3.63) is 29.8 Å². The topological polar surface area (TPSA) is 41.5 Å². The summed E-state index contributed by atoms with van der Waals surface area (Å²) < 4.78 is 5.73. The number of aliphatic hydroxyl groups is 1. The van der Waals surface area contributed by atoms with Crippen LogP contribution in [0.2, 0.25) is 0 Å². The minimum Gasteiger partial charge on any atom is -0.389 e. The van der Waals surface area contributed by atoms with Crippen LogP contribution >= 0.6 is 0 Å². The molecular weight excluding hydrogens is 262 g/mol. The maximum absolute atomic E-state index is 9.97. The summed E-state index contributed by atoms with van der Waals surface area (Å²) in [6.07, 6.45) is 4.74. The Balaban J connectivity index is 1.71. The molecule has 1 atom stereocenters. The fourth-order valence-electron chi connectivity index (χ4n) is 2.68. The highest BCUT2D eigenvalue weighted by molar-refractivity contribution is 5.45. The second kappa shape index (κ2) is 7.28. The molecule has 1 aromatic carbocycles. The smallest absolute Gasteiger partial charge is 0.0945 e. The Kier molecular flexibility index (Phi) is 5.65. The van der Waals surface area contributed by atoms with E-state index in [1.807, 2.05) is 0 Å². The monoisotopic (exact) mass is 291 g/mol. The molecule has 0 amide bonds. The van der Waals surface area contributed by atoms with Gasteiger partial charge in [-0.3, -0.25) is 0 Å². The van der Waals surface area contributed by atoms with Gasteiger partial charge in [0.2, 0.25) is 0 Å². The molecule has 0 aliphatic heterocycles. The van der Waals surface area contributed by atoms with Crippen LogP contribution in [-0.4, -0.2) is 30.5 Å². The number of hydrogen-bond donors (Lipinski definition) is 2. The fourth-order valence-corrected chi connectivity index (χ4v) is 2.68. The van der Waals surface area contributed by atoms with Crippen molar-refractivity contribution in [3.63, 3.8) is 0 Å². The summed E-state index contributed by atoms with van der Waals surface area (Å²) in [5, 5.41) is 13.2. The summed E-state index contributed by atoms with van der Waals surface area (Å²) in [6.45, 7) is 7.58. The van der Waals surface area contributed by atoms with E-state index in [0.29, 0.717) is 19.3 Å². The lowest BCUT2D eigenvalue weighted by Gasteiger charge is -2.20. The predicted molar refractivity (Wildman–Crippen MR) is 87.8 cm³/mol. The lowest BCUT2D eigenvalue weighted by molar-refractivity contribution is -0.00117. The largest absolute Gasteiger partial charge is 0.389 e. The second-order valence-corrected chi connectivity index (χ2v) is 7.10. The van der Waals surface area contributed by atoms with E-state index in [9.17, 15) is 5.11 Å². The average molecular weight is 291 g/mol. The van der Waals surface area contributed by atoms with Gasteiger partial charge < -0.3 is 15.2 Å². The number of rotatable bonds is 6. The second-order valence-electron chi connectivity index (χ2n) is 7.10. The van der Waals surface area contributed by atoms with E-state index >= 15 is 0 Å². The highest BCUT2D eigenvalue weighted by atomic mass is 16.5. The van der Waals surface area contributed by atoms with Crippen LogP contribution in [-0.2, 0) is 10.2 Å². The van der Waals surface area contributed by atoms with Gasteiger partial charge in [0.05, 0.1) is 18.8 Å². The molecule has 0 aromatic heterocycles. The minimum atomic E-state index is -0.451. The third-order valence-electron chi connectivity index (χ3n) is 4.12. The van der Waals surface area contributed by atoms with Gasteiger partial charge in [0.25, 0.3) is 0 Å². The van der Waals surface area contributed by atoms with Crippen molar-refractivity contribution in [2.45, 2.75) is 64.1 Å². The van der Waals surface area contributed by atoms with Gasteiger partial charge in [-0.15, -0.1) is 0 Å². The fraction of sp³-hybridized carbons (Fsp3) is 0.667. The van der Waals surface area contributed by atoms with Crippen LogP contribution in [0.4, 0.5) is 5.69 Å². The molecular formula is C18H29NO2. The zero-order valence-corrected chi connectivity index (χ0v) is 13.6. The summed E-state index contributed by atoms with van der Waals surface area (Å²) in [5.74, 6) is 0. The Labute approximate surface area is 128 Å². The molecule has 1 saturated carbocycles. The van der Waals surface area contributed by atoms with Crippen LogP contribution in [0, 0.1) is 0 Å². The maximum Gasteiger partial charge on any atom is 0.0945 e. The SMILES string of the molecule is CC(C)(C)c1ccc(NCC(O)COC2CCCC2)cc1. The number of anilines is 1. The van der Waals surface area contributed by atoms with Gasteiger partial charge in [-0.25, -0.2) is 0 Å². The molecule has 1 fully saturated rings. The van der Waals surface area contributed by atoms with E-state index < -0.39 is 6.10 Å². The summed E-state index contributed by atoms with van der Waals surface area (Å²) in [6, 6.07) is 8.43. The van der Waals surface area contributed by atoms with E-state index in [4.69, 9.17) is 4.74 Å². The lowest BCUT2D eigenvalue weighted by Crippen LogP contribution is -2.27. The van der Waals surface area contributed by atoms with Gasteiger partial charge in [-0.05, 0) is 36.0 Å². The first kappa shape index (κ1) is 16.3. The Bertz CT molecular complexity index is 416. The quantitative estimate of drug-likeness (QED) is 0.839. The van der Waals surface area contributed by atoms with E-state index in [2.05, 4.69) is 50.4 Å². The lowest BCUT2D eigenvalue weighted by atomic mass is 9.87. The van der Waals surface area contributed by atoms with Crippen molar-refractivity contribution in [1.82, 2.24) is 0 Å². The van der Waals surface area contributed by atoms with E-state index in [1.54, 1.807) is 0 Å². The summed E-state index contributed by atoms with van der Waals surface area (Å²) in [4.78, 5) is 0. The normalized spacial score (nSPS) is 17.9. The zero-order chi connectivity index (χ0) is 15.3. The Morgan fingerprint density at radius 3 is 2.38 bits per heavy atom. The van der Waals surface area contributed by atoms with Crippen LogP contribution in [0.3, 0.4) is 0 Å². The predicted octanol–water partition coefficient (Wildman–Crippen LogP) is 3.72. The van der Waals surface area contributed by atoms with Crippen molar-refractivity contribution >= 4 is 5.69 Å². The van der Waals surface area contributed by atoms with Gasteiger partial charge >= 0.3 is 0 Å². The molecule has 3 heteroatoms. The molecule has 2 N–H and O–H groups in total. The van der Waals surface area contributed by atoms with Crippen molar-refractivity contribution in [1.29, 1.82) is 0 Å². The summed E-state index contributed by atoms with van der Waals surface area (Å²) in [7, 11) is 0. The number of benzene rings is 1. The first-order valence-corrected chi connectivity index (χ1v) is 8.09. The van der Waals surface area contributed by atoms with Crippen LogP contribution in [0.25, 0.3) is 0 Å². The van der Waals surface area contributed by atoms with E-state index in [0.717, 1.165) is 18.5 Å². The first-order chi connectivity index (χ1) is 9.95. The standard InChI is InChI=1S/C18H29NO2/c1-18(2,3)14-8-10-15(11-9-14)19-12-16(20)13-21-17-6-4-5-7-17/h8-11,16-17,19-20H,4-7,12-13H2,1-3H3. The number of hydrogen-bond acceptors (Lipinski definition) is 3. The van der Waals surface area contributed by atoms with Crippen LogP contribution in [0.1, 0.15) is 52.0 Å². The Hall–Kier alpha value is -1.06. The van der Waals surface area contributed by atoms with Crippen molar-refractivity contribution in [3.8, 4) is 0 Å². The zero-order valence-electron chi connectivity index (χ0n) is 13.6. The van der Waals surface area contributed by atoms with Gasteiger partial charge in [0.15, 0.2) is 0 Å². The highest BCUT2D eigenvalue weighted by Gasteiger charge is 2.17. The molecule has 1 aromatic rings. The van der Waals surface area contributed by atoms with Gasteiger partial charge in [-0.1, -0.05) is 45.7 Å². The molecule has 0 spiro atoms. The number of ether oxygens (including phenoxy) is 1. The number of aliphatic hydroxyl groups excluding tert-OH is 1. The summed E-state index contributed by atoms with van der Waals surface area (Å²) >= 11 is 0. The highest BCUT2D eigenvalue weighted by Crippen LogP contribution is 2.23. The average Bonchev–Trinajstić information content (AvgIpc) is 2.95. The third-order valence-corrected chi connectivity index (χ3v) is 4.12. The molecule has 0 radical (unpaired) electrons. The molecule has 2 rings (SSSR count). The summed E-state index contributed by atoms with van der Waals surface area (Å²) in [5.41, 5.74) is 2.54. The maximum atomic E-state index is 9.97. The van der Waals surface area contributed by atoms with Crippen molar-refractivity contribution in [2.24, 2.45) is 0 Å². The molecule has 0 bridgehead atoms. The van der Waals surface area contributed by atoms with Gasteiger partial charge in [0.1, 0.15) is 0 Å². The van der Waals surface area contributed by atoms with E-state index in [1.165, 1.54) is 18.4 Å². The Morgan fingerprint density at radius 2 is 1.81 bits per heavy atom. The van der Waals surface area contributed by atoms with Crippen LogP contribution in [0.5, 0.6) is 0 Å². The third kappa shape index (κ3) is 5.33. The molecule has 0 saturated heterocycles. The minimum absolute atomic E-state index is 0.174. The first-order valence-electron chi connectivity index (χ1n) is 8.09. The van der Waals surface area contributed by atoms with Crippen LogP contribution in [0.15, 0.2) is 24.3 Å². The van der Waals surface area contributed by atoms with Crippen LogP contribution < -0.4 is 5.32 Å². The van der Waals surface area contributed by atoms with Gasteiger partial charge in [-0.2, -0.15) is 0 Å². The molecule has 21 heavy (non-hydrogen) atoms. The van der Waals surface area contributed by atoms with E-state index in [-0.39, 0.29) is 5.41 Å². The molecule has 3 nitrogen and oxygen atoms in total. The molecule has 1 aliphatic rings. The molecule has 1 unspecified atom stereocenters.